The maximum atomic E-state index is 13.6. The van der Waals surface area contributed by atoms with Gasteiger partial charge in [-0.15, -0.1) is 0 Å². The van der Waals surface area contributed by atoms with E-state index < -0.39 is 11.9 Å². The minimum Gasteiger partial charge on any atom is -0.352 e. The Morgan fingerprint density at radius 1 is 1.23 bits per heavy atom. The molecular formula is C20H22FN3O2. The number of carbonyl (C=O) groups is 2. The van der Waals surface area contributed by atoms with E-state index >= 15 is 0 Å². The number of hydrogen-bond acceptors (Lipinski definition) is 3. The van der Waals surface area contributed by atoms with Gasteiger partial charge in [0.2, 0.25) is 5.91 Å². The zero-order chi connectivity index (χ0) is 18.7. The number of nitrogens with zero attached hydrogens (tertiary/aromatic N) is 2. The highest BCUT2D eigenvalue weighted by Gasteiger charge is 2.35. The van der Waals surface area contributed by atoms with Crippen molar-refractivity contribution in [2.75, 3.05) is 27.2 Å². The van der Waals surface area contributed by atoms with E-state index in [-0.39, 0.29) is 11.8 Å². The Morgan fingerprint density at radius 3 is 2.73 bits per heavy atom. The number of nitrogens with one attached hydrogen (secondary N) is 1. The quantitative estimate of drug-likeness (QED) is 0.915. The molecule has 0 saturated carbocycles. The van der Waals surface area contributed by atoms with Crippen LogP contribution in [-0.4, -0.2) is 48.8 Å². The Labute approximate surface area is 152 Å². The maximum absolute atomic E-state index is 13.6. The third-order valence-electron chi connectivity index (χ3n) is 4.31. The Kier molecular flexibility index (Phi) is 5.32. The second kappa shape index (κ2) is 7.66. The van der Waals surface area contributed by atoms with Crippen molar-refractivity contribution in [1.29, 1.82) is 0 Å². The molecule has 1 fully saturated rings. The summed E-state index contributed by atoms with van der Waals surface area (Å²) in [5.74, 6) is -0.949. The fraction of sp³-hybridized carbons (Fsp3) is 0.300. The molecule has 1 saturated heterocycles. The molecule has 6 heteroatoms. The molecule has 1 aliphatic rings. The molecule has 0 unspecified atom stereocenters. The molecule has 3 rings (SSSR count). The average molecular weight is 355 g/mol. The van der Waals surface area contributed by atoms with E-state index in [1.54, 1.807) is 18.2 Å². The van der Waals surface area contributed by atoms with E-state index in [1.165, 1.54) is 17.0 Å². The SMILES string of the molecule is CN(C)Cc1cccc(C(=O)N2CCNC(=O)[C@@H]2c2cccc(F)c2)c1. The molecule has 136 valence electrons. The Hall–Kier alpha value is -2.73. The van der Waals surface area contributed by atoms with Gasteiger partial charge in [-0.2, -0.15) is 0 Å². The second-order valence-electron chi connectivity index (χ2n) is 6.69. The van der Waals surface area contributed by atoms with Crippen LogP contribution < -0.4 is 5.32 Å². The van der Waals surface area contributed by atoms with E-state index in [1.807, 2.05) is 37.2 Å². The summed E-state index contributed by atoms with van der Waals surface area (Å²) in [6.45, 7) is 1.48. The first-order valence-electron chi connectivity index (χ1n) is 8.53. The summed E-state index contributed by atoms with van der Waals surface area (Å²) in [5.41, 5.74) is 2.02. The van der Waals surface area contributed by atoms with E-state index in [4.69, 9.17) is 0 Å². The topological polar surface area (TPSA) is 52.7 Å². The van der Waals surface area contributed by atoms with Crippen LogP contribution in [0.1, 0.15) is 27.5 Å². The first kappa shape index (κ1) is 18.1. The Morgan fingerprint density at radius 2 is 2.00 bits per heavy atom. The number of carbonyl (C=O) groups excluding carboxylic acids is 2. The van der Waals surface area contributed by atoms with Gasteiger partial charge in [0.1, 0.15) is 11.9 Å². The maximum Gasteiger partial charge on any atom is 0.254 e. The number of halogens is 1. The fourth-order valence-corrected chi connectivity index (χ4v) is 3.23. The van der Waals surface area contributed by atoms with Gasteiger partial charge in [0.25, 0.3) is 5.91 Å². The zero-order valence-corrected chi connectivity index (χ0v) is 14.9. The van der Waals surface area contributed by atoms with Crippen LogP contribution in [-0.2, 0) is 11.3 Å². The van der Waals surface area contributed by atoms with Crippen molar-refractivity contribution in [3.63, 3.8) is 0 Å². The molecule has 2 amide bonds. The predicted octanol–water partition coefficient (Wildman–Crippen LogP) is 2.20. The number of hydrogen-bond donors (Lipinski definition) is 1. The number of rotatable bonds is 4. The minimum atomic E-state index is -0.829. The van der Waals surface area contributed by atoms with Gasteiger partial charge in [-0.1, -0.05) is 24.3 Å². The number of amides is 2. The van der Waals surface area contributed by atoms with Gasteiger partial charge >= 0.3 is 0 Å². The van der Waals surface area contributed by atoms with Crippen molar-refractivity contribution in [2.24, 2.45) is 0 Å². The van der Waals surface area contributed by atoms with Crippen molar-refractivity contribution < 1.29 is 14.0 Å². The molecule has 26 heavy (non-hydrogen) atoms. The zero-order valence-electron chi connectivity index (χ0n) is 14.9. The summed E-state index contributed by atoms with van der Waals surface area (Å²) in [5, 5.41) is 2.76. The minimum absolute atomic E-state index is 0.227. The van der Waals surface area contributed by atoms with Gasteiger partial charge in [0.05, 0.1) is 0 Å². The second-order valence-corrected chi connectivity index (χ2v) is 6.69. The summed E-state index contributed by atoms with van der Waals surface area (Å²) in [6, 6.07) is 12.4. The van der Waals surface area contributed by atoms with Gasteiger partial charge in [0.15, 0.2) is 0 Å². The Bertz CT molecular complexity index is 822. The molecule has 0 bridgehead atoms. The lowest BCUT2D eigenvalue weighted by Gasteiger charge is -2.35. The van der Waals surface area contributed by atoms with Crippen LogP contribution in [0.5, 0.6) is 0 Å². The molecule has 5 nitrogen and oxygen atoms in total. The van der Waals surface area contributed by atoms with E-state index in [0.717, 1.165) is 12.1 Å². The lowest BCUT2D eigenvalue weighted by molar-refractivity contribution is -0.128. The first-order valence-corrected chi connectivity index (χ1v) is 8.53. The van der Waals surface area contributed by atoms with Crippen molar-refractivity contribution in [3.05, 3.63) is 71.0 Å². The standard InChI is InChI=1S/C20H22FN3O2/c1-23(2)13-14-5-3-7-16(11-14)20(26)24-10-9-22-19(25)18(24)15-6-4-8-17(21)12-15/h3-8,11-12,18H,9-10,13H2,1-2H3,(H,22,25)/t18-/m0/s1. The third kappa shape index (κ3) is 3.91. The number of benzene rings is 2. The van der Waals surface area contributed by atoms with Gasteiger partial charge in [-0.05, 0) is 49.5 Å². The van der Waals surface area contributed by atoms with Crippen LogP contribution >= 0.6 is 0 Å². The fourth-order valence-electron chi connectivity index (χ4n) is 3.23. The lowest BCUT2D eigenvalue weighted by atomic mass is 10.0. The molecular weight excluding hydrogens is 333 g/mol. The molecule has 2 aromatic carbocycles. The molecule has 2 aromatic rings. The summed E-state index contributed by atoms with van der Waals surface area (Å²) >= 11 is 0. The normalized spacial score (nSPS) is 17.3. The molecule has 0 aliphatic carbocycles. The van der Waals surface area contributed by atoms with Crippen molar-refractivity contribution in [2.45, 2.75) is 12.6 Å². The smallest absolute Gasteiger partial charge is 0.254 e. The molecule has 1 heterocycles. The lowest BCUT2D eigenvalue weighted by Crippen LogP contribution is -2.52. The molecule has 1 aliphatic heterocycles. The predicted molar refractivity (Wildman–Crippen MR) is 97.0 cm³/mol. The molecule has 1 N–H and O–H groups in total. The Balaban J connectivity index is 1.92. The van der Waals surface area contributed by atoms with Gasteiger partial charge < -0.3 is 15.1 Å². The molecule has 0 radical (unpaired) electrons. The van der Waals surface area contributed by atoms with Crippen LogP contribution in [0, 0.1) is 5.82 Å². The van der Waals surface area contributed by atoms with E-state index in [9.17, 15) is 14.0 Å². The van der Waals surface area contributed by atoms with Crippen molar-refractivity contribution in [3.8, 4) is 0 Å². The van der Waals surface area contributed by atoms with E-state index in [0.29, 0.717) is 24.2 Å². The highest BCUT2D eigenvalue weighted by molar-refractivity contribution is 5.98. The highest BCUT2D eigenvalue weighted by Crippen LogP contribution is 2.26. The molecule has 1 atom stereocenters. The van der Waals surface area contributed by atoms with Gasteiger partial charge in [-0.25, -0.2) is 4.39 Å². The summed E-state index contributed by atoms with van der Waals surface area (Å²) in [4.78, 5) is 29.1. The van der Waals surface area contributed by atoms with Gasteiger partial charge in [-0.3, -0.25) is 9.59 Å². The summed E-state index contributed by atoms with van der Waals surface area (Å²) in [7, 11) is 3.92. The average Bonchev–Trinajstić information content (AvgIpc) is 2.60. The van der Waals surface area contributed by atoms with Crippen LogP contribution in [0.3, 0.4) is 0 Å². The third-order valence-corrected chi connectivity index (χ3v) is 4.31. The van der Waals surface area contributed by atoms with Crippen LogP contribution in [0.25, 0.3) is 0 Å². The summed E-state index contributed by atoms with van der Waals surface area (Å²) < 4.78 is 13.6. The first-order chi connectivity index (χ1) is 12.5. The highest BCUT2D eigenvalue weighted by atomic mass is 19.1. The largest absolute Gasteiger partial charge is 0.352 e. The van der Waals surface area contributed by atoms with Crippen molar-refractivity contribution in [1.82, 2.24) is 15.1 Å². The number of piperazine rings is 1. The van der Waals surface area contributed by atoms with E-state index in [2.05, 4.69) is 5.32 Å². The summed E-state index contributed by atoms with van der Waals surface area (Å²) in [6.07, 6.45) is 0. The van der Waals surface area contributed by atoms with Crippen LogP contribution in [0.15, 0.2) is 48.5 Å². The molecule has 0 aromatic heterocycles. The van der Waals surface area contributed by atoms with Crippen LogP contribution in [0.2, 0.25) is 0 Å². The van der Waals surface area contributed by atoms with Crippen LogP contribution in [0.4, 0.5) is 4.39 Å². The monoisotopic (exact) mass is 355 g/mol. The van der Waals surface area contributed by atoms with Gasteiger partial charge in [0, 0.05) is 25.2 Å². The van der Waals surface area contributed by atoms with Crippen molar-refractivity contribution >= 4 is 11.8 Å². The molecule has 0 spiro atoms.